The van der Waals surface area contributed by atoms with Gasteiger partial charge >= 0.3 is 0 Å². The van der Waals surface area contributed by atoms with Crippen LogP contribution in [0.4, 0.5) is 0 Å². The Bertz CT molecular complexity index is 440. The highest BCUT2D eigenvalue weighted by molar-refractivity contribution is 9.09. The molecule has 19 heavy (non-hydrogen) atoms. The van der Waals surface area contributed by atoms with Crippen LogP contribution in [0.15, 0.2) is 48.5 Å². The van der Waals surface area contributed by atoms with Crippen molar-refractivity contribution in [3.8, 4) is 5.75 Å². The number of benzene rings is 2. The molecule has 2 rings (SSSR count). The van der Waals surface area contributed by atoms with E-state index in [-0.39, 0.29) is 0 Å². The summed E-state index contributed by atoms with van der Waals surface area (Å²) in [5.41, 5.74) is 4.05. The first-order valence-electron chi connectivity index (χ1n) is 6.67. The van der Waals surface area contributed by atoms with E-state index in [1.165, 1.54) is 16.7 Å². The summed E-state index contributed by atoms with van der Waals surface area (Å²) in [5, 5.41) is 1.02. The van der Waals surface area contributed by atoms with Crippen molar-refractivity contribution in [2.45, 2.75) is 19.8 Å². The van der Waals surface area contributed by atoms with Crippen LogP contribution in [0.5, 0.6) is 5.75 Å². The number of halogens is 1. The van der Waals surface area contributed by atoms with Gasteiger partial charge in [0.05, 0.1) is 6.61 Å². The predicted octanol–water partition coefficient (Wildman–Crippen LogP) is 4.61. The molecule has 0 spiro atoms. The number of rotatable bonds is 6. The highest BCUT2D eigenvalue weighted by atomic mass is 79.9. The van der Waals surface area contributed by atoms with Gasteiger partial charge in [0, 0.05) is 5.33 Å². The van der Waals surface area contributed by atoms with Crippen LogP contribution in [0.1, 0.15) is 23.6 Å². The van der Waals surface area contributed by atoms with Crippen LogP contribution >= 0.6 is 15.9 Å². The van der Waals surface area contributed by atoms with Crippen LogP contribution in [-0.2, 0) is 12.8 Å². The van der Waals surface area contributed by atoms with Crippen molar-refractivity contribution in [3.63, 3.8) is 0 Å². The second-order valence-corrected chi connectivity index (χ2v) is 5.30. The first kappa shape index (κ1) is 14.1. The molecular formula is C17H19BrO. The molecule has 0 saturated heterocycles. The van der Waals surface area contributed by atoms with E-state index in [4.69, 9.17) is 4.74 Å². The van der Waals surface area contributed by atoms with E-state index in [9.17, 15) is 0 Å². The lowest BCUT2D eigenvalue weighted by Crippen LogP contribution is -1.93. The average Bonchev–Trinajstić information content (AvgIpc) is 2.44. The maximum absolute atomic E-state index is 5.45. The average molecular weight is 319 g/mol. The van der Waals surface area contributed by atoms with Gasteiger partial charge < -0.3 is 4.74 Å². The fraction of sp³-hybridized carbons (Fsp3) is 0.294. The third-order valence-electron chi connectivity index (χ3n) is 3.05. The highest BCUT2D eigenvalue weighted by Crippen LogP contribution is 2.16. The monoisotopic (exact) mass is 318 g/mol. The van der Waals surface area contributed by atoms with Gasteiger partial charge in [-0.25, -0.2) is 0 Å². The van der Waals surface area contributed by atoms with E-state index in [1.54, 1.807) is 0 Å². The van der Waals surface area contributed by atoms with Crippen LogP contribution in [0.3, 0.4) is 0 Å². The molecule has 0 atom stereocenters. The Morgan fingerprint density at radius 2 is 1.37 bits per heavy atom. The molecule has 0 saturated carbocycles. The summed E-state index contributed by atoms with van der Waals surface area (Å²) in [4.78, 5) is 0. The SMILES string of the molecule is CCOc1ccc(Cc2ccc(CCBr)cc2)cc1. The maximum Gasteiger partial charge on any atom is 0.119 e. The topological polar surface area (TPSA) is 9.23 Å². The highest BCUT2D eigenvalue weighted by Gasteiger charge is 1.98. The standard InChI is InChI=1S/C17H19BrO/c1-2-19-17-9-7-16(8-10-17)13-15-5-3-14(4-6-15)11-12-18/h3-10H,2,11-13H2,1H3. The molecule has 1 nitrogen and oxygen atoms in total. The van der Waals surface area contributed by atoms with Gasteiger partial charge in [0.15, 0.2) is 0 Å². The van der Waals surface area contributed by atoms with Gasteiger partial charge in [0.1, 0.15) is 5.75 Å². The molecule has 0 bridgehead atoms. The van der Waals surface area contributed by atoms with Crippen LogP contribution in [0, 0.1) is 0 Å². The second kappa shape index (κ2) is 7.34. The zero-order valence-electron chi connectivity index (χ0n) is 11.2. The van der Waals surface area contributed by atoms with Crippen molar-refractivity contribution >= 4 is 15.9 Å². The Balaban J connectivity index is 1.99. The minimum atomic E-state index is 0.717. The van der Waals surface area contributed by atoms with Gasteiger partial charge in [0.2, 0.25) is 0 Å². The van der Waals surface area contributed by atoms with Crippen molar-refractivity contribution in [2.24, 2.45) is 0 Å². The van der Waals surface area contributed by atoms with E-state index in [0.717, 1.165) is 23.9 Å². The van der Waals surface area contributed by atoms with Crippen LogP contribution in [-0.4, -0.2) is 11.9 Å². The number of alkyl halides is 1. The van der Waals surface area contributed by atoms with Gasteiger partial charge in [-0.05, 0) is 48.6 Å². The van der Waals surface area contributed by atoms with Gasteiger partial charge in [0.25, 0.3) is 0 Å². The zero-order valence-corrected chi connectivity index (χ0v) is 12.8. The van der Waals surface area contributed by atoms with Gasteiger partial charge in [-0.3, -0.25) is 0 Å². The van der Waals surface area contributed by atoms with Crippen molar-refractivity contribution in [1.29, 1.82) is 0 Å². The lowest BCUT2D eigenvalue weighted by molar-refractivity contribution is 0.340. The molecule has 0 amide bonds. The lowest BCUT2D eigenvalue weighted by Gasteiger charge is -2.06. The molecular weight excluding hydrogens is 300 g/mol. The molecule has 0 N–H and O–H groups in total. The molecule has 0 unspecified atom stereocenters. The lowest BCUT2D eigenvalue weighted by atomic mass is 10.0. The minimum Gasteiger partial charge on any atom is -0.494 e. The first-order valence-corrected chi connectivity index (χ1v) is 7.79. The summed E-state index contributed by atoms with van der Waals surface area (Å²) < 4.78 is 5.45. The van der Waals surface area contributed by atoms with E-state index < -0.39 is 0 Å². The third-order valence-corrected chi connectivity index (χ3v) is 3.45. The summed E-state index contributed by atoms with van der Waals surface area (Å²) in [6, 6.07) is 17.2. The smallest absolute Gasteiger partial charge is 0.119 e. The molecule has 0 heterocycles. The Hall–Kier alpha value is -1.28. The molecule has 0 aliphatic carbocycles. The summed E-state index contributed by atoms with van der Waals surface area (Å²) >= 11 is 3.47. The Morgan fingerprint density at radius 1 is 0.842 bits per heavy atom. The van der Waals surface area contributed by atoms with Crippen molar-refractivity contribution < 1.29 is 4.74 Å². The summed E-state index contributed by atoms with van der Waals surface area (Å²) in [6.45, 7) is 2.72. The van der Waals surface area contributed by atoms with E-state index in [2.05, 4.69) is 52.3 Å². The molecule has 0 aromatic heterocycles. The molecule has 2 aromatic rings. The quantitative estimate of drug-likeness (QED) is 0.706. The fourth-order valence-electron chi connectivity index (χ4n) is 2.04. The number of hydrogen-bond donors (Lipinski definition) is 0. The Labute approximate surface area is 123 Å². The van der Waals surface area contributed by atoms with Gasteiger partial charge in [-0.2, -0.15) is 0 Å². The Morgan fingerprint density at radius 3 is 1.89 bits per heavy atom. The fourth-order valence-corrected chi connectivity index (χ4v) is 2.50. The normalized spacial score (nSPS) is 10.4. The largest absolute Gasteiger partial charge is 0.494 e. The van der Waals surface area contributed by atoms with Crippen LogP contribution in [0.2, 0.25) is 0 Å². The molecule has 2 heteroatoms. The summed E-state index contributed by atoms with van der Waals surface area (Å²) in [7, 11) is 0. The summed E-state index contributed by atoms with van der Waals surface area (Å²) in [6.07, 6.45) is 2.06. The molecule has 0 aliphatic heterocycles. The molecule has 100 valence electrons. The third kappa shape index (κ3) is 4.39. The second-order valence-electron chi connectivity index (χ2n) is 4.51. The molecule has 0 radical (unpaired) electrons. The summed E-state index contributed by atoms with van der Waals surface area (Å²) in [5.74, 6) is 0.943. The van der Waals surface area contributed by atoms with Gasteiger partial charge in [-0.1, -0.05) is 52.3 Å². The number of hydrogen-bond acceptors (Lipinski definition) is 1. The van der Waals surface area contributed by atoms with E-state index >= 15 is 0 Å². The van der Waals surface area contributed by atoms with E-state index in [0.29, 0.717) is 6.61 Å². The molecule has 0 fully saturated rings. The Kier molecular flexibility index (Phi) is 5.46. The van der Waals surface area contributed by atoms with Crippen LogP contribution in [0.25, 0.3) is 0 Å². The van der Waals surface area contributed by atoms with Crippen molar-refractivity contribution in [1.82, 2.24) is 0 Å². The molecule has 2 aromatic carbocycles. The zero-order chi connectivity index (χ0) is 13.5. The molecule has 0 aliphatic rings. The van der Waals surface area contributed by atoms with Crippen molar-refractivity contribution in [2.75, 3.05) is 11.9 Å². The van der Waals surface area contributed by atoms with Gasteiger partial charge in [-0.15, -0.1) is 0 Å². The maximum atomic E-state index is 5.45. The number of aryl methyl sites for hydroxylation is 1. The first-order chi connectivity index (χ1) is 9.31. The van der Waals surface area contributed by atoms with E-state index in [1.807, 2.05) is 19.1 Å². The predicted molar refractivity (Wildman–Crippen MR) is 84.4 cm³/mol. The minimum absolute atomic E-state index is 0.717. The number of ether oxygens (including phenoxy) is 1. The van der Waals surface area contributed by atoms with Crippen molar-refractivity contribution in [3.05, 3.63) is 65.2 Å². The van der Waals surface area contributed by atoms with Crippen LogP contribution < -0.4 is 4.74 Å².